The second kappa shape index (κ2) is 3.63. The van der Waals surface area contributed by atoms with Gasteiger partial charge in [-0.2, -0.15) is 0 Å². The molecule has 0 radical (unpaired) electrons. The Morgan fingerprint density at radius 3 is 3.12 bits per heavy atom. The summed E-state index contributed by atoms with van der Waals surface area (Å²) in [5, 5.41) is 6.51. The summed E-state index contributed by atoms with van der Waals surface area (Å²) in [6, 6.07) is 3.81. The van der Waals surface area contributed by atoms with Gasteiger partial charge in [0.05, 0.1) is 0 Å². The van der Waals surface area contributed by atoms with Gasteiger partial charge in [-0.05, 0) is 24.9 Å². The van der Waals surface area contributed by atoms with E-state index in [9.17, 15) is 4.79 Å². The monoisotopic (exact) mass is 219 g/mol. The van der Waals surface area contributed by atoms with Gasteiger partial charge in [0.25, 0.3) is 5.56 Å². The number of aromatic nitrogens is 1. The Morgan fingerprint density at radius 2 is 2.31 bits per heavy atom. The van der Waals surface area contributed by atoms with Crippen LogP contribution >= 0.6 is 0 Å². The molecule has 0 saturated carbocycles. The highest BCUT2D eigenvalue weighted by Gasteiger charge is 2.30. The van der Waals surface area contributed by atoms with E-state index < -0.39 is 0 Å². The minimum absolute atomic E-state index is 0.137. The zero-order valence-corrected chi connectivity index (χ0v) is 9.49. The highest BCUT2D eigenvalue weighted by atomic mass is 16.1. The van der Waals surface area contributed by atoms with Crippen molar-refractivity contribution in [3.8, 4) is 0 Å². The van der Waals surface area contributed by atoms with Crippen molar-refractivity contribution in [2.45, 2.75) is 18.9 Å². The molecule has 0 aromatic carbocycles. The molecule has 0 spiro atoms. The maximum absolute atomic E-state index is 12.0. The predicted molar refractivity (Wildman–Crippen MR) is 64.0 cm³/mol. The van der Waals surface area contributed by atoms with Crippen LogP contribution in [0.4, 0.5) is 5.69 Å². The van der Waals surface area contributed by atoms with Crippen molar-refractivity contribution in [2.75, 3.05) is 25.5 Å². The van der Waals surface area contributed by atoms with E-state index in [0.717, 1.165) is 25.3 Å². The van der Waals surface area contributed by atoms with E-state index in [1.54, 1.807) is 6.07 Å². The quantitative estimate of drug-likeness (QED) is 0.727. The SMILES string of the molecule is CNc1cc2n(c(=O)c1)CC1CNC[C@@H]2C1. The van der Waals surface area contributed by atoms with Gasteiger partial charge in [0, 0.05) is 43.5 Å². The third kappa shape index (κ3) is 1.45. The van der Waals surface area contributed by atoms with E-state index in [1.165, 1.54) is 12.1 Å². The number of pyridine rings is 1. The Kier molecular flexibility index (Phi) is 2.24. The first-order chi connectivity index (χ1) is 7.78. The largest absolute Gasteiger partial charge is 0.388 e. The first-order valence-electron chi connectivity index (χ1n) is 5.91. The number of fused-ring (bicyclic) bond motifs is 4. The molecule has 86 valence electrons. The summed E-state index contributed by atoms with van der Waals surface area (Å²) in [4.78, 5) is 12.0. The molecule has 3 rings (SSSR count). The Bertz CT molecular complexity index is 466. The van der Waals surface area contributed by atoms with Crippen molar-refractivity contribution in [3.63, 3.8) is 0 Å². The maximum Gasteiger partial charge on any atom is 0.252 e. The predicted octanol–water partition coefficient (Wildman–Crippen LogP) is 0.597. The Balaban J connectivity index is 2.13. The minimum Gasteiger partial charge on any atom is -0.388 e. The molecule has 2 N–H and O–H groups in total. The lowest BCUT2D eigenvalue weighted by Gasteiger charge is -2.37. The first kappa shape index (κ1) is 9.90. The average molecular weight is 219 g/mol. The van der Waals surface area contributed by atoms with Crippen LogP contribution in [0, 0.1) is 5.92 Å². The van der Waals surface area contributed by atoms with Gasteiger partial charge in [0.2, 0.25) is 0 Å². The summed E-state index contributed by atoms with van der Waals surface area (Å²) in [5.41, 5.74) is 2.26. The van der Waals surface area contributed by atoms with Crippen LogP contribution in [0.25, 0.3) is 0 Å². The smallest absolute Gasteiger partial charge is 0.252 e. The van der Waals surface area contributed by atoms with Gasteiger partial charge in [-0.3, -0.25) is 4.79 Å². The van der Waals surface area contributed by atoms with E-state index in [1.807, 2.05) is 11.6 Å². The highest BCUT2D eigenvalue weighted by Crippen LogP contribution is 2.32. The van der Waals surface area contributed by atoms with Gasteiger partial charge in [0.15, 0.2) is 0 Å². The molecule has 1 unspecified atom stereocenters. The van der Waals surface area contributed by atoms with E-state index in [2.05, 4.69) is 16.7 Å². The van der Waals surface area contributed by atoms with Gasteiger partial charge in [-0.15, -0.1) is 0 Å². The van der Waals surface area contributed by atoms with Crippen molar-refractivity contribution in [1.82, 2.24) is 9.88 Å². The van der Waals surface area contributed by atoms with Crippen LogP contribution in [-0.4, -0.2) is 24.7 Å². The normalized spacial score (nSPS) is 27.3. The maximum atomic E-state index is 12.0. The Morgan fingerprint density at radius 1 is 1.44 bits per heavy atom. The lowest BCUT2D eigenvalue weighted by atomic mass is 9.84. The molecule has 1 fully saturated rings. The molecule has 3 heterocycles. The van der Waals surface area contributed by atoms with Crippen LogP contribution in [-0.2, 0) is 6.54 Å². The zero-order valence-electron chi connectivity index (χ0n) is 9.49. The van der Waals surface area contributed by atoms with Gasteiger partial charge in [-0.1, -0.05) is 0 Å². The van der Waals surface area contributed by atoms with Gasteiger partial charge in [0.1, 0.15) is 0 Å². The molecule has 2 atom stereocenters. The fourth-order valence-corrected chi connectivity index (χ4v) is 2.95. The first-order valence-corrected chi connectivity index (χ1v) is 5.91. The lowest BCUT2D eigenvalue weighted by molar-refractivity contribution is 0.257. The van der Waals surface area contributed by atoms with Crippen LogP contribution < -0.4 is 16.2 Å². The number of nitrogens with one attached hydrogen (secondary N) is 2. The van der Waals surface area contributed by atoms with Crippen LogP contribution in [0.1, 0.15) is 18.0 Å². The van der Waals surface area contributed by atoms with E-state index in [-0.39, 0.29) is 5.56 Å². The Hall–Kier alpha value is -1.29. The number of hydrogen-bond donors (Lipinski definition) is 2. The second-order valence-electron chi connectivity index (χ2n) is 4.82. The molecule has 1 aromatic heterocycles. The van der Waals surface area contributed by atoms with Gasteiger partial charge >= 0.3 is 0 Å². The average Bonchev–Trinajstić information content (AvgIpc) is 2.31. The fourth-order valence-electron chi connectivity index (χ4n) is 2.95. The zero-order chi connectivity index (χ0) is 11.1. The molecule has 4 heteroatoms. The molecule has 16 heavy (non-hydrogen) atoms. The molecule has 0 amide bonds. The molecular formula is C12H17N3O. The van der Waals surface area contributed by atoms with Crippen LogP contribution in [0.5, 0.6) is 0 Å². The van der Waals surface area contributed by atoms with Crippen molar-refractivity contribution in [1.29, 1.82) is 0 Å². The van der Waals surface area contributed by atoms with Crippen molar-refractivity contribution < 1.29 is 0 Å². The topological polar surface area (TPSA) is 46.1 Å². The summed E-state index contributed by atoms with van der Waals surface area (Å²) < 4.78 is 1.96. The molecule has 2 bridgehead atoms. The summed E-state index contributed by atoms with van der Waals surface area (Å²) in [6.45, 7) is 2.93. The highest BCUT2D eigenvalue weighted by molar-refractivity contribution is 5.44. The molecule has 0 aliphatic carbocycles. The van der Waals surface area contributed by atoms with Crippen molar-refractivity contribution >= 4 is 5.69 Å². The third-order valence-electron chi connectivity index (χ3n) is 3.75. The minimum atomic E-state index is 0.137. The summed E-state index contributed by atoms with van der Waals surface area (Å²) in [7, 11) is 1.86. The summed E-state index contributed by atoms with van der Waals surface area (Å²) in [5.74, 6) is 1.14. The number of nitrogens with zero attached hydrogens (tertiary/aromatic N) is 1. The number of piperidine rings is 1. The van der Waals surface area contributed by atoms with Crippen LogP contribution in [0.3, 0.4) is 0 Å². The lowest BCUT2D eigenvalue weighted by Crippen LogP contribution is -2.44. The molecular weight excluding hydrogens is 202 g/mol. The van der Waals surface area contributed by atoms with Crippen LogP contribution in [0.2, 0.25) is 0 Å². The summed E-state index contributed by atoms with van der Waals surface area (Å²) >= 11 is 0. The molecule has 2 aliphatic rings. The van der Waals surface area contributed by atoms with Gasteiger partial charge < -0.3 is 15.2 Å². The van der Waals surface area contributed by atoms with Crippen molar-refractivity contribution in [3.05, 3.63) is 28.2 Å². The van der Waals surface area contributed by atoms with E-state index in [0.29, 0.717) is 11.8 Å². The molecule has 4 nitrogen and oxygen atoms in total. The van der Waals surface area contributed by atoms with Crippen molar-refractivity contribution in [2.24, 2.45) is 5.92 Å². The molecule has 1 saturated heterocycles. The summed E-state index contributed by atoms with van der Waals surface area (Å²) in [6.07, 6.45) is 1.22. The van der Waals surface area contributed by atoms with E-state index >= 15 is 0 Å². The standard InChI is InChI=1S/C12H17N3O/c1-13-10-3-11-9-2-8(5-14-6-9)7-15(11)12(16)4-10/h3-4,8-9,13-14H,2,5-7H2,1H3/t8?,9-/m0/s1. The number of anilines is 1. The fraction of sp³-hybridized carbons (Fsp3) is 0.583. The van der Waals surface area contributed by atoms with Crippen LogP contribution in [0.15, 0.2) is 16.9 Å². The molecule has 1 aromatic rings. The molecule has 2 aliphatic heterocycles. The second-order valence-corrected chi connectivity index (χ2v) is 4.82. The third-order valence-corrected chi connectivity index (χ3v) is 3.75. The number of rotatable bonds is 1. The van der Waals surface area contributed by atoms with Gasteiger partial charge in [-0.25, -0.2) is 0 Å². The van der Waals surface area contributed by atoms with E-state index in [4.69, 9.17) is 0 Å². The number of hydrogen-bond acceptors (Lipinski definition) is 3. The Labute approximate surface area is 94.7 Å².